The highest BCUT2D eigenvalue weighted by Crippen LogP contribution is 2.39. The molecule has 3 heterocycles. The standard InChI is InChI=1S/C31H28ClN5O/c1-20-11-16-27(21(2)18-20)33-31(38)36-19-26-22(3)34-37(25-8-5-4-6-9-25)30(26)35-17-7-10-28(35)29(36)23-12-14-24(32)15-13-23/h4-18,29H,19H2,1-3H3,(H,33,38)/t29-/m1/s1. The first-order valence-corrected chi connectivity index (χ1v) is 13.0. The first-order chi connectivity index (χ1) is 18.4. The number of fused-ring (bicyclic) bond motifs is 3. The van der Waals surface area contributed by atoms with Crippen molar-refractivity contribution in [3.63, 3.8) is 0 Å². The average molecular weight is 522 g/mol. The Hall–Kier alpha value is -4.29. The molecule has 0 unspecified atom stereocenters. The van der Waals surface area contributed by atoms with Crippen LogP contribution in [0.5, 0.6) is 0 Å². The minimum atomic E-state index is -0.343. The van der Waals surface area contributed by atoms with Crippen LogP contribution in [0.2, 0.25) is 5.02 Å². The summed E-state index contributed by atoms with van der Waals surface area (Å²) in [6, 6.07) is 27.5. The number of aryl methyl sites for hydroxylation is 3. The van der Waals surface area contributed by atoms with Gasteiger partial charge in [-0.2, -0.15) is 5.10 Å². The highest BCUT2D eigenvalue weighted by molar-refractivity contribution is 6.30. The van der Waals surface area contributed by atoms with Gasteiger partial charge >= 0.3 is 6.03 Å². The topological polar surface area (TPSA) is 55.1 Å². The van der Waals surface area contributed by atoms with Crippen molar-refractivity contribution in [3.8, 4) is 11.5 Å². The van der Waals surface area contributed by atoms with Gasteiger partial charge in [0.2, 0.25) is 0 Å². The van der Waals surface area contributed by atoms with E-state index in [0.717, 1.165) is 50.8 Å². The molecule has 2 aromatic heterocycles. The van der Waals surface area contributed by atoms with Crippen LogP contribution in [-0.2, 0) is 6.54 Å². The number of anilines is 1. The van der Waals surface area contributed by atoms with Gasteiger partial charge in [-0.25, -0.2) is 9.48 Å². The summed E-state index contributed by atoms with van der Waals surface area (Å²) in [5.41, 5.74) is 7.77. The van der Waals surface area contributed by atoms with Gasteiger partial charge in [0, 0.05) is 22.5 Å². The number of benzene rings is 3. The number of hydrogen-bond donors (Lipinski definition) is 1. The number of halogens is 1. The van der Waals surface area contributed by atoms with Crippen molar-refractivity contribution < 1.29 is 4.79 Å². The van der Waals surface area contributed by atoms with Crippen LogP contribution < -0.4 is 5.32 Å². The highest BCUT2D eigenvalue weighted by Gasteiger charge is 2.36. The molecule has 6 nitrogen and oxygen atoms in total. The quantitative estimate of drug-likeness (QED) is 0.269. The number of para-hydroxylation sites is 1. The Morgan fingerprint density at radius 1 is 0.947 bits per heavy atom. The van der Waals surface area contributed by atoms with Gasteiger partial charge in [-0.1, -0.05) is 59.6 Å². The molecule has 0 bridgehead atoms. The third-order valence-corrected chi connectivity index (χ3v) is 7.41. The van der Waals surface area contributed by atoms with Crippen molar-refractivity contribution in [1.29, 1.82) is 0 Å². The summed E-state index contributed by atoms with van der Waals surface area (Å²) in [4.78, 5) is 16.0. The molecule has 38 heavy (non-hydrogen) atoms. The van der Waals surface area contributed by atoms with E-state index in [1.807, 2.05) is 109 Å². The van der Waals surface area contributed by atoms with Crippen LogP contribution in [0.15, 0.2) is 91.1 Å². The first kappa shape index (κ1) is 24.1. The lowest BCUT2D eigenvalue weighted by Gasteiger charge is -2.31. The SMILES string of the molecule is Cc1ccc(NC(=O)N2Cc3c(C)nn(-c4ccccc4)c3-n3cccc3[C@H]2c2ccc(Cl)cc2)c(C)c1. The summed E-state index contributed by atoms with van der Waals surface area (Å²) in [5.74, 6) is 0.939. The van der Waals surface area contributed by atoms with Crippen LogP contribution in [0, 0.1) is 20.8 Å². The number of rotatable bonds is 3. The molecular formula is C31H28ClN5O. The van der Waals surface area contributed by atoms with Gasteiger partial charge in [0.15, 0.2) is 0 Å². The number of aromatic nitrogens is 3. The van der Waals surface area contributed by atoms with Gasteiger partial charge in [-0.3, -0.25) is 0 Å². The first-order valence-electron chi connectivity index (χ1n) is 12.6. The number of carbonyl (C=O) groups is 1. The van der Waals surface area contributed by atoms with Crippen molar-refractivity contribution in [2.75, 3.05) is 5.32 Å². The van der Waals surface area contributed by atoms with Crippen LogP contribution >= 0.6 is 11.6 Å². The summed E-state index contributed by atoms with van der Waals surface area (Å²) in [7, 11) is 0. The fourth-order valence-corrected chi connectivity index (χ4v) is 5.41. The molecule has 0 saturated carbocycles. The van der Waals surface area contributed by atoms with Crippen molar-refractivity contribution in [1.82, 2.24) is 19.2 Å². The van der Waals surface area contributed by atoms with Gasteiger partial charge in [0.25, 0.3) is 0 Å². The molecule has 1 N–H and O–H groups in total. The number of amides is 2. The van der Waals surface area contributed by atoms with E-state index in [1.54, 1.807) is 0 Å². The molecule has 190 valence electrons. The summed E-state index contributed by atoms with van der Waals surface area (Å²) >= 11 is 6.25. The second kappa shape index (κ2) is 9.54. The summed E-state index contributed by atoms with van der Waals surface area (Å²) in [5, 5.41) is 8.75. The zero-order chi connectivity index (χ0) is 26.4. The maximum atomic E-state index is 14.1. The molecular weight excluding hydrogens is 494 g/mol. The Labute approximate surface area is 227 Å². The third kappa shape index (κ3) is 4.17. The summed E-state index contributed by atoms with van der Waals surface area (Å²) in [6.45, 7) is 6.45. The maximum absolute atomic E-state index is 14.1. The van der Waals surface area contributed by atoms with E-state index >= 15 is 0 Å². The van der Waals surface area contributed by atoms with Gasteiger partial charge in [0.05, 0.1) is 29.7 Å². The van der Waals surface area contributed by atoms with E-state index in [2.05, 4.69) is 22.0 Å². The normalized spacial score (nSPS) is 14.5. The van der Waals surface area contributed by atoms with E-state index in [9.17, 15) is 4.79 Å². The Morgan fingerprint density at radius 3 is 2.45 bits per heavy atom. The van der Waals surface area contributed by atoms with E-state index in [1.165, 1.54) is 0 Å². The molecule has 0 spiro atoms. The summed E-state index contributed by atoms with van der Waals surface area (Å²) < 4.78 is 4.13. The fourth-order valence-electron chi connectivity index (χ4n) is 5.29. The lowest BCUT2D eigenvalue weighted by Crippen LogP contribution is -2.38. The summed E-state index contributed by atoms with van der Waals surface area (Å²) in [6.07, 6.45) is 2.04. The monoisotopic (exact) mass is 521 g/mol. The van der Waals surface area contributed by atoms with E-state index in [-0.39, 0.29) is 12.1 Å². The molecule has 3 aromatic carbocycles. The van der Waals surface area contributed by atoms with Crippen LogP contribution in [0.25, 0.3) is 11.5 Å². The molecule has 0 fully saturated rings. The van der Waals surface area contributed by atoms with Crippen molar-refractivity contribution in [2.24, 2.45) is 0 Å². The Kier molecular flexibility index (Phi) is 6.04. The second-order valence-electron chi connectivity index (χ2n) is 9.77. The Morgan fingerprint density at radius 2 is 1.71 bits per heavy atom. The molecule has 0 saturated heterocycles. The molecule has 0 aliphatic carbocycles. The molecule has 0 radical (unpaired) electrons. The number of hydrogen-bond acceptors (Lipinski definition) is 2. The fraction of sp³-hybridized carbons (Fsp3) is 0.161. The molecule has 1 aliphatic rings. The van der Waals surface area contributed by atoms with Crippen molar-refractivity contribution >= 4 is 23.3 Å². The zero-order valence-corrected chi connectivity index (χ0v) is 22.3. The lowest BCUT2D eigenvalue weighted by atomic mass is 10.0. The van der Waals surface area contributed by atoms with Crippen LogP contribution in [0.1, 0.15) is 39.7 Å². The predicted octanol–water partition coefficient (Wildman–Crippen LogP) is 7.38. The van der Waals surface area contributed by atoms with Crippen LogP contribution in [-0.4, -0.2) is 25.3 Å². The van der Waals surface area contributed by atoms with Gasteiger partial charge < -0.3 is 14.8 Å². The Balaban J connectivity index is 1.53. The van der Waals surface area contributed by atoms with Gasteiger partial charge in [0.1, 0.15) is 5.82 Å². The number of nitrogens with one attached hydrogen (secondary N) is 1. The minimum Gasteiger partial charge on any atom is -0.308 e. The zero-order valence-electron chi connectivity index (χ0n) is 21.5. The molecule has 7 heteroatoms. The number of carbonyl (C=O) groups excluding carboxylic acids is 1. The molecule has 5 aromatic rings. The molecule has 2 amide bonds. The van der Waals surface area contributed by atoms with E-state index in [0.29, 0.717) is 11.6 Å². The molecule has 6 rings (SSSR count). The maximum Gasteiger partial charge on any atom is 0.322 e. The largest absolute Gasteiger partial charge is 0.322 e. The predicted molar refractivity (Wildman–Crippen MR) is 151 cm³/mol. The average Bonchev–Trinajstić information content (AvgIpc) is 3.47. The van der Waals surface area contributed by atoms with Gasteiger partial charge in [-0.05, 0) is 74.4 Å². The molecule has 1 atom stereocenters. The van der Waals surface area contributed by atoms with Crippen LogP contribution in [0.4, 0.5) is 10.5 Å². The number of nitrogens with zero attached hydrogens (tertiary/aromatic N) is 4. The van der Waals surface area contributed by atoms with E-state index < -0.39 is 0 Å². The van der Waals surface area contributed by atoms with Crippen molar-refractivity contribution in [2.45, 2.75) is 33.4 Å². The highest BCUT2D eigenvalue weighted by atomic mass is 35.5. The van der Waals surface area contributed by atoms with Crippen LogP contribution in [0.3, 0.4) is 0 Å². The smallest absolute Gasteiger partial charge is 0.308 e. The van der Waals surface area contributed by atoms with E-state index in [4.69, 9.17) is 16.7 Å². The number of urea groups is 1. The van der Waals surface area contributed by atoms with Gasteiger partial charge in [-0.15, -0.1) is 0 Å². The third-order valence-electron chi connectivity index (χ3n) is 7.16. The minimum absolute atomic E-state index is 0.177. The molecule has 1 aliphatic heterocycles. The second-order valence-corrected chi connectivity index (χ2v) is 10.2. The Bertz CT molecular complexity index is 1640. The lowest BCUT2D eigenvalue weighted by molar-refractivity contribution is 0.194. The van der Waals surface area contributed by atoms with Crippen molar-refractivity contribution in [3.05, 3.63) is 130 Å².